The second-order valence-corrected chi connectivity index (χ2v) is 6.06. The predicted octanol–water partition coefficient (Wildman–Crippen LogP) is 2.07. The summed E-state index contributed by atoms with van der Waals surface area (Å²) < 4.78 is 5.94. The Morgan fingerprint density at radius 3 is 3.24 bits per heavy atom. The fourth-order valence-electron chi connectivity index (χ4n) is 2.57. The van der Waals surface area contributed by atoms with Crippen molar-refractivity contribution in [2.24, 2.45) is 0 Å². The van der Waals surface area contributed by atoms with Gasteiger partial charge in [0.2, 0.25) is 0 Å². The number of thiazole rings is 1. The Bertz CT molecular complexity index is 838. The molecule has 21 heavy (non-hydrogen) atoms. The van der Waals surface area contributed by atoms with Crippen LogP contribution in [0.25, 0.3) is 10.2 Å². The third kappa shape index (κ3) is 2.06. The van der Waals surface area contributed by atoms with E-state index in [2.05, 4.69) is 10.1 Å². The van der Waals surface area contributed by atoms with Gasteiger partial charge in [-0.1, -0.05) is 16.5 Å². The lowest BCUT2D eigenvalue weighted by atomic mass is 10.1. The molecule has 0 saturated heterocycles. The molecule has 0 aliphatic carbocycles. The Labute approximate surface area is 124 Å². The van der Waals surface area contributed by atoms with Crippen molar-refractivity contribution in [2.45, 2.75) is 13.0 Å². The van der Waals surface area contributed by atoms with Gasteiger partial charge in [0.05, 0.1) is 22.5 Å². The largest absolute Gasteiger partial charge is 0.375 e. The van der Waals surface area contributed by atoms with Gasteiger partial charge >= 0.3 is 0 Å². The minimum atomic E-state index is -0.00433. The second kappa shape index (κ2) is 4.56. The van der Waals surface area contributed by atoms with Crippen LogP contribution in [0.15, 0.2) is 29.0 Å². The molecular weight excluding hydrogens is 288 g/mol. The van der Waals surface area contributed by atoms with Crippen molar-refractivity contribution in [3.05, 3.63) is 41.3 Å². The highest BCUT2D eigenvalue weighted by Gasteiger charge is 2.24. The van der Waals surface area contributed by atoms with Crippen molar-refractivity contribution >= 4 is 32.6 Å². The number of benzene rings is 1. The summed E-state index contributed by atoms with van der Waals surface area (Å²) in [5.41, 5.74) is 9.02. The number of rotatable bonds is 1. The average molecular weight is 300 g/mol. The highest BCUT2D eigenvalue weighted by atomic mass is 32.1. The molecule has 4 rings (SSSR count). The van der Waals surface area contributed by atoms with Gasteiger partial charge in [0.1, 0.15) is 6.26 Å². The molecular formula is C14H12N4O2S. The Kier molecular flexibility index (Phi) is 2.68. The minimum Gasteiger partial charge on any atom is -0.375 e. The monoisotopic (exact) mass is 300 g/mol. The van der Waals surface area contributed by atoms with Crippen molar-refractivity contribution in [1.82, 2.24) is 15.0 Å². The van der Waals surface area contributed by atoms with E-state index in [0.29, 0.717) is 23.8 Å². The van der Waals surface area contributed by atoms with Crippen LogP contribution in [0.3, 0.4) is 0 Å². The number of carbonyl (C=O) groups excluding carboxylic acids is 1. The van der Waals surface area contributed by atoms with Crippen LogP contribution in [0, 0.1) is 0 Å². The smallest absolute Gasteiger partial charge is 0.254 e. The molecule has 0 fully saturated rings. The van der Waals surface area contributed by atoms with Crippen molar-refractivity contribution in [1.29, 1.82) is 0 Å². The second-order valence-electron chi connectivity index (χ2n) is 5.00. The van der Waals surface area contributed by atoms with Gasteiger partial charge in [-0.25, -0.2) is 4.98 Å². The van der Waals surface area contributed by atoms with Crippen LogP contribution in [0.5, 0.6) is 0 Å². The van der Waals surface area contributed by atoms with E-state index in [1.54, 1.807) is 17.2 Å². The number of hydrogen-bond donors (Lipinski definition) is 1. The van der Waals surface area contributed by atoms with Crippen LogP contribution in [0.2, 0.25) is 0 Å². The van der Waals surface area contributed by atoms with E-state index in [0.717, 1.165) is 27.9 Å². The van der Waals surface area contributed by atoms with Crippen molar-refractivity contribution in [2.75, 3.05) is 12.3 Å². The maximum Gasteiger partial charge on any atom is 0.254 e. The summed E-state index contributed by atoms with van der Waals surface area (Å²) in [6.07, 6.45) is 2.34. The van der Waals surface area contributed by atoms with E-state index in [9.17, 15) is 4.79 Å². The van der Waals surface area contributed by atoms with Crippen LogP contribution in [0.4, 0.5) is 5.13 Å². The van der Waals surface area contributed by atoms with E-state index in [4.69, 9.17) is 10.3 Å². The van der Waals surface area contributed by atoms with Gasteiger partial charge in [-0.3, -0.25) is 4.79 Å². The molecule has 106 valence electrons. The van der Waals surface area contributed by atoms with Gasteiger partial charge in [-0.15, -0.1) is 0 Å². The van der Waals surface area contributed by atoms with E-state index < -0.39 is 0 Å². The van der Waals surface area contributed by atoms with Gasteiger partial charge in [0, 0.05) is 24.1 Å². The Morgan fingerprint density at radius 2 is 2.33 bits per heavy atom. The zero-order chi connectivity index (χ0) is 14.4. The third-order valence-electron chi connectivity index (χ3n) is 3.65. The normalized spacial score (nSPS) is 14.4. The number of nitrogen functional groups attached to an aromatic ring is 1. The summed E-state index contributed by atoms with van der Waals surface area (Å²) in [6.45, 7) is 1.19. The number of hydrogen-bond acceptors (Lipinski definition) is 6. The average Bonchev–Trinajstić information content (AvgIpc) is 3.09. The summed E-state index contributed by atoms with van der Waals surface area (Å²) in [4.78, 5) is 18.6. The van der Waals surface area contributed by atoms with Crippen molar-refractivity contribution in [3.8, 4) is 0 Å². The highest BCUT2D eigenvalue weighted by Crippen LogP contribution is 2.26. The van der Waals surface area contributed by atoms with E-state index >= 15 is 0 Å². The Balaban J connectivity index is 1.64. The highest BCUT2D eigenvalue weighted by molar-refractivity contribution is 7.22. The van der Waals surface area contributed by atoms with Gasteiger partial charge in [-0.05, 0) is 18.2 Å². The number of anilines is 1. The molecule has 1 aliphatic heterocycles. The summed E-state index contributed by atoms with van der Waals surface area (Å²) in [6, 6.07) is 5.52. The predicted molar refractivity (Wildman–Crippen MR) is 79.0 cm³/mol. The van der Waals surface area contributed by atoms with Crippen LogP contribution >= 0.6 is 11.3 Å². The molecule has 2 N–H and O–H groups in total. The summed E-state index contributed by atoms with van der Waals surface area (Å²) in [5.74, 6) is -0.00433. The van der Waals surface area contributed by atoms with Crippen molar-refractivity contribution in [3.63, 3.8) is 0 Å². The molecule has 0 saturated carbocycles. The number of fused-ring (bicyclic) bond motifs is 2. The van der Waals surface area contributed by atoms with Gasteiger partial charge in [-0.2, -0.15) is 0 Å². The molecule has 0 unspecified atom stereocenters. The Hall–Kier alpha value is -2.41. The molecule has 1 aliphatic rings. The Morgan fingerprint density at radius 1 is 1.43 bits per heavy atom. The first-order valence-corrected chi connectivity index (χ1v) is 7.40. The lowest BCUT2D eigenvalue weighted by Crippen LogP contribution is -2.35. The van der Waals surface area contributed by atoms with Crippen LogP contribution < -0.4 is 5.73 Å². The molecule has 6 nitrogen and oxygen atoms in total. The van der Waals surface area contributed by atoms with E-state index in [1.165, 1.54) is 11.3 Å². The summed E-state index contributed by atoms with van der Waals surface area (Å²) in [5, 5.41) is 4.45. The summed E-state index contributed by atoms with van der Waals surface area (Å²) in [7, 11) is 0. The summed E-state index contributed by atoms with van der Waals surface area (Å²) >= 11 is 1.42. The first-order chi connectivity index (χ1) is 10.2. The molecule has 0 spiro atoms. The first-order valence-electron chi connectivity index (χ1n) is 6.58. The zero-order valence-corrected chi connectivity index (χ0v) is 11.9. The number of nitrogens with two attached hydrogens (primary N) is 1. The molecule has 1 amide bonds. The van der Waals surface area contributed by atoms with Gasteiger partial charge in [0.25, 0.3) is 5.91 Å². The number of nitrogens with zero attached hydrogens (tertiary/aromatic N) is 3. The van der Waals surface area contributed by atoms with Crippen LogP contribution in [-0.4, -0.2) is 27.5 Å². The van der Waals surface area contributed by atoms with E-state index in [1.807, 2.05) is 12.1 Å². The molecule has 2 aromatic heterocycles. The molecule has 3 aromatic rings. The fourth-order valence-corrected chi connectivity index (χ4v) is 3.29. The third-order valence-corrected chi connectivity index (χ3v) is 4.51. The maximum absolute atomic E-state index is 12.6. The number of carbonyl (C=O) groups is 1. The van der Waals surface area contributed by atoms with Crippen molar-refractivity contribution < 1.29 is 9.32 Å². The van der Waals surface area contributed by atoms with Crippen LogP contribution in [0.1, 0.15) is 21.6 Å². The molecule has 0 radical (unpaired) electrons. The molecule has 3 heterocycles. The first kappa shape index (κ1) is 12.3. The van der Waals surface area contributed by atoms with Crippen LogP contribution in [-0.2, 0) is 13.0 Å². The zero-order valence-electron chi connectivity index (χ0n) is 11.1. The fraction of sp³-hybridized carbons (Fsp3) is 0.214. The number of amides is 1. The SMILES string of the molecule is Nc1nc2cc(C(=O)N3CCc4nocc4C3)ccc2s1. The minimum absolute atomic E-state index is 0.00433. The van der Waals surface area contributed by atoms with E-state index in [-0.39, 0.29) is 5.91 Å². The molecule has 1 aromatic carbocycles. The molecule has 7 heteroatoms. The lowest BCUT2D eigenvalue weighted by Gasteiger charge is -2.25. The lowest BCUT2D eigenvalue weighted by molar-refractivity contribution is 0.0734. The standard InChI is InChI=1S/C14H12N4O2S/c15-14-16-11-5-8(1-2-12(11)21-14)13(19)18-4-3-10-9(6-18)7-20-17-10/h1-2,5,7H,3-4,6H2,(H2,15,16). The molecule has 0 atom stereocenters. The van der Waals surface area contributed by atoms with Gasteiger partial charge < -0.3 is 15.2 Å². The quantitative estimate of drug-likeness (QED) is 0.743. The van der Waals surface area contributed by atoms with Gasteiger partial charge in [0.15, 0.2) is 5.13 Å². The molecule has 0 bridgehead atoms. The topological polar surface area (TPSA) is 85.2 Å². The maximum atomic E-state index is 12.6. The number of aromatic nitrogens is 2.